The van der Waals surface area contributed by atoms with Gasteiger partial charge in [-0.25, -0.2) is 4.39 Å². The number of anilines is 1. The molecule has 0 saturated carbocycles. The number of nitrogens with zero attached hydrogens (tertiary/aromatic N) is 4. The summed E-state index contributed by atoms with van der Waals surface area (Å²) in [6.45, 7) is 6.12. The lowest BCUT2D eigenvalue weighted by Gasteiger charge is -2.43. The number of fused-ring (bicyclic) bond motifs is 1. The minimum absolute atomic E-state index is 0.000760. The van der Waals surface area contributed by atoms with E-state index >= 15 is 0 Å². The first-order valence-corrected chi connectivity index (χ1v) is 12.8. The molecule has 2 unspecified atom stereocenters. The Balaban J connectivity index is 1.51. The Kier molecular flexibility index (Phi) is 6.63. The Bertz CT molecular complexity index is 1370. The van der Waals surface area contributed by atoms with Crippen LogP contribution in [0, 0.1) is 12.7 Å². The smallest absolute Gasteiger partial charge is 0.254 e. The number of aryl methyl sites for hydroxylation is 1. The van der Waals surface area contributed by atoms with Gasteiger partial charge in [0.1, 0.15) is 5.82 Å². The van der Waals surface area contributed by atoms with Gasteiger partial charge in [0.25, 0.3) is 5.91 Å². The van der Waals surface area contributed by atoms with E-state index in [9.17, 15) is 14.0 Å². The summed E-state index contributed by atoms with van der Waals surface area (Å²) in [5.41, 5.74) is 5.01. The summed E-state index contributed by atoms with van der Waals surface area (Å²) in [6, 6.07) is 13.8. The van der Waals surface area contributed by atoms with E-state index < -0.39 is 12.0 Å². The maximum atomic E-state index is 14.4. The number of allylic oxidation sites excluding steroid dienone is 1. The number of hydrogen-bond acceptors (Lipinski definition) is 3. The molecular formula is C30H33FN4O2. The van der Waals surface area contributed by atoms with Gasteiger partial charge in [0, 0.05) is 57.7 Å². The zero-order valence-corrected chi connectivity index (χ0v) is 21.8. The first kappa shape index (κ1) is 24.8. The van der Waals surface area contributed by atoms with Crippen LogP contribution in [-0.2, 0) is 11.8 Å². The lowest BCUT2D eigenvalue weighted by molar-refractivity contribution is -0.134. The monoisotopic (exact) mass is 500 g/mol. The molecule has 0 bridgehead atoms. The maximum Gasteiger partial charge on any atom is 0.254 e. The number of aromatic nitrogens is 1. The number of piperazine rings is 1. The van der Waals surface area contributed by atoms with Crippen LogP contribution < -0.4 is 4.90 Å². The van der Waals surface area contributed by atoms with Crippen LogP contribution >= 0.6 is 0 Å². The van der Waals surface area contributed by atoms with Crippen LogP contribution in [-0.4, -0.2) is 59.4 Å². The topological polar surface area (TPSA) is 48.8 Å². The van der Waals surface area contributed by atoms with Crippen molar-refractivity contribution in [2.75, 3.05) is 38.1 Å². The molecule has 5 rings (SSSR count). The second-order valence-corrected chi connectivity index (χ2v) is 9.90. The molecule has 2 aromatic carbocycles. The second-order valence-electron chi connectivity index (χ2n) is 9.90. The predicted octanol–water partition coefficient (Wildman–Crippen LogP) is 4.77. The van der Waals surface area contributed by atoms with Crippen LogP contribution in [0.2, 0.25) is 0 Å². The highest BCUT2D eigenvalue weighted by Crippen LogP contribution is 2.45. The Morgan fingerprint density at radius 3 is 2.35 bits per heavy atom. The van der Waals surface area contributed by atoms with E-state index in [1.54, 1.807) is 24.1 Å². The zero-order valence-electron chi connectivity index (χ0n) is 21.8. The molecule has 2 aliphatic heterocycles. The number of hydrogen-bond donors (Lipinski definition) is 0. The lowest BCUT2D eigenvalue weighted by Crippen LogP contribution is -2.53. The van der Waals surface area contributed by atoms with E-state index in [2.05, 4.69) is 17.6 Å². The van der Waals surface area contributed by atoms with Crippen molar-refractivity contribution in [3.63, 3.8) is 0 Å². The normalized spacial score (nSPS) is 20.0. The number of carbonyl (C=O) groups excluding carboxylic acids is 2. The highest BCUT2D eigenvalue weighted by atomic mass is 19.1. The van der Waals surface area contributed by atoms with Crippen molar-refractivity contribution in [2.45, 2.75) is 25.8 Å². The molecule has 3 aromatic rings. The van der Waals surface area contributed by atoms with Gasteiger partial charge in [-0.3, -0.25) is 9.59 Å². The highest BCUT2D eigenvalue weighted by Gasteiger charge is 2.45. The fourth-order valence-corrected chi connectivity index (χ4v) is 5.89. The van der Waals surface area contributed by atoms with Crippen LogP contribution in [0.3, 0.4) is 0 Å². The van der Waals surface area contributed by atoms with Gasteiger partial charge < -0.3 is 19.3 Å². The molecule has 2 amide bonds. The molecule has 1 fully saturated rings. The van der Waals surface area contributed by atoms with Crippen LogP contribution in [0.1, 0.15) is 51.6 Å². The summed E-state index contributed by atoms with van der Waals surface area (Å²) in [7, 11) is 3.78. The van der Waals surface area contributed by atoms with Crippen molar-refractivity contribution in [1.29, 1.82) is 0 Å². The molecule has 192 valence electrons. The average Bonchev–Trinajstić information content (AvgIpc) is 3.19. The molecule has 2 atom stereocenters. The summed E-state index contributed by atoms with van der Waals surface area (Å²) in [5, 5.41) is 0. The minimum Gasteiger partial charge on any atom is -0.366 e. The van der Waals surface area contributed by atoms with E-state index in [1.165, 1.54) is 6.07 Å². The average molecular weight is 501 g/mol. The molecule has 6 nitrogen and oxygen atoms in total. The highest BCUT2D eigenvalue weighted by molar-refractivity contribution is 6.01. The van der Waals surface area contributed by atoms with E-state index in [4.69, 9.17) is 0 Å². The Hall–Kier alpha value is -3.87. The Labute approximate surface area is 217 Å². The largest absolute Gasteiger partial charge is 0.366 e. The third-order valence-electron chi connectivity index (χ3n) is 7.80. The van der Waals surface area contributed by atoms with Gasteiger partial charge in [-0.1, -0.05) is 36.4 Å². The maximum absolute atomic E-state index is 14.4. The number of amides is 2. The molecule has 2 aliphatic rings. The van der Waals surface area contributed by atoms with Crippen molar-refractivity contribution >= 4 is 23.6 Å². The Morgan fingerprint density at radius 1 is 0.973 bits per heavy atom. The SMILES string of the molecule is C/C=C\c1c(C)c(C2C(C(=O)N3CCN(c4ccccc4F)CC3)c3ccccc3C(=O)N2C)cn1C. The van der Waals surface area contributed by atoms with Gasteiger partial charge in [-0.2, -0.15) is 0 Å². The van der Waals surface area contributed by atoms with Gasteiger partial charge in [0.05, 0.1) is 17.6 Å². The number of halogens is 1. The summed E-state index contributed by atoms with van der Waals surface area (Å²) >= 11 is 0. The molecule has 0 aliphatic carbocycles. The van der Waals surface area contributed by atoms with Crippen LogP contribution in [0.25, 0.3) is 6.08 Å². The minimum atomic E-state index is -0.529. The zero-order chi connectivity index (χ0) is 26.3. The number of likely N-dealkylation sites (N-methyl/N-ethyl adjacent to an activating group) is 1. The standard InChI is InChI=1S/C30H33FN4O2/c1-5-10-25-20(2)23(19-32(25)3)28-27(21-11-6-7-12-22(21)29(36)33(28)4)30(37)35-17-15-34(16-18-35)26-14-9-8-13-24(26)31/h5-14,19,27-28H,15-18H2,1-4H3/b10-5-. The van der Waals surface area contributed by atoms with Crippen molar-refractivity contribution in [3.8, 4) is 0 Å². The summed E-state index contributed by atoms with van der Waals surface area (Å²) in [5.74, 6) is -0.857. The van der Waals surface area contributed by atoms with Crippen LogP contribution in [0.15, 0.2) is 60.8 Å². The molecule has 3 heterocycles. The van der Waals surface area contributed by atoms with Gasteiger partial charge in [0.15, 0.2) is 0 Å². The molecule has 1 aromatic heterocycles. The number of carbonyl (C=O) groups is 2. The van der Waals surface area contributed by atoms with Crippen molar-refractivity contribution in [3.05, 3.63) is 94.6 Å². The van der Waals surface area contributed by atoms with Crippen molar-refractivity contribution in [2.24, 2.45) is 7.05 Å². The molecule has 0 N–H and O–H groups in total. The van der Waals surface area contributed by atoms with Gasteiger partial charge in [-0.05, 0) is 54.8 Å². The number of para-hydroxylation sites is 1. The number of rotatable bonds is 4. The van der Waals surface area contributed by atoms with E-state index in [-0.39, 0.29) is 17.6 Å². The lowest BCUT2D eigenvalue weighted by atomic mass is 9.78. The first-order valence-electron chi connectivity index (χ1n) is 12.8. The Morgan fingerprint density at radius 2 is 1.65 bits per heavy atom. The molecule has 7 heteroatoms. The van der Waals surface area contributed by atoms with E-state index in [0.717, 1.165) is 22.4 Å². The van der Waals surface area contributed by atoms with E-state index in [1.807, 2.05) is 66.4 Å². The predicted molar refractivity (Wildman–Crippen MR) is 144 cm³/mol. The van der Waals surface area contributed by atoms with Crippen molar-refractivity contribution < 1.29 is 14.0 Å². The molecule has 1 saturated heterocycles. The number of benzene rings is 2. The van der Waals surface area contributed by atoms with Crippen molar-refractivity contribution in [1.82, 2.24) is 14.4 Å². The van der Waals surface area contributed by atoms with Gasteiger partial charge in [-0.15, -0.1) is 0 Å². The first-order chi connectivity index (χ1) is 17.8. The summed E-state index contributed by atoms with van der Waals surface area (Å²) in [4.78, 5) is 33.3. The third kappa shape index (κ3) is 4.22. The fraction of sp³-hybridized carbons (Fsp3) is 0.333. The van der Waals surface area contributed by atoms with Gasteiger partial charge >= 0.3 is 0 Å². The summed E-state index contributed by atoms with van der Waals surface area (Å²) < 4.78 is 16.4. The summed E-state index contributed by atoms with van der Waals surface area (Å²) in [6.07, 6.45) is 6.09. The molecule has 0 radical (unpaired) electrons. The quantitative estimate of drug-likeness (QED) is 0.519. The second kappa shape index (κ2) is 9.88. The van der Waals surface area contributed by atoms with Crippen LogP contribution in [0.5, 0.6) is 0 Å². The molecule has 37 heavy (non-hydrogen) atoms. The fourth-order valence-electron chi connectivity index (χ4n) is 5.89. The van der Waals surface area contributed by atoms with E-state index in [0.29, 0.717) is 37.4 Å². The molecule has 0 spiro atoms. The molecular weight excluding hydrogens is 467 g/mol. The van der Waals surface area contributed by atoms with Crippen LogP contribution in [0.4, 0.5) is 10.1 Å². The van der Waals surface area contributed by atoms with Gasteiger partial charge in [0.2, 0.25) is 5.91 Å². The third-order valence-corrected chi connectivity index (χ3v) is 7.80.